The van der Waals surface area contributed by atoms with E-state index in [0.717, 1.165) is 12.1 Å². The highest BCUT2D eigenvalue weighted by Crippen LogP contribution is 2.38. The third kappa shape index (κ3) is 5.38. The van der Waals surface area contributed by atoms with Gasteiger partial charge in [0.15, 0.2) is 11.7 Å². The number of nitrogens with one attached hydrogen (secondary N) is 3. The molecule has 0 radical (unpaired) electrons. The molecule has 10 nitrogen and oxygen atoms in total. The summed E-state index contributed by atoms with van der Waals surface area (Å²) in [6.07, 6.45) is 1.58. The topological polar surface area (TPSA) is 144 Å². The van der Waals surface area contributed by atoms with Crippen molar-refractivity contribution in [2.75, 3.05) is 28.3 Å². The summed E-state index contributed by atoms with van der Waals surface area (Å²) in [7, 11) is 0. The van der Waals surface area contributed by atoms with Crippen LogP contribution in [-0.2, 0) is 4.79 Å². The molecule has 0 atom stereocenters. The summed E-state index contributed by atoms with van der Waals surface area (Å²) in [5, 5.41) is 8.69. The minimum absolute atomic E-state index is 0.0665. The molecule has 0 aliphatic carbocycles. The molecule has 3 aromatic carbocycles. The number of carbonyl (C=O) groups is 2. The maximum atomic E-state index is 14.1. The number of halogens is 2. The van der Waals surface area contributed by atoms with Crippen molar-refractivity contribution in [3.05, 3.63) is 90.1 Å². The van der Waals surface area contributed by atoms with Crippen LogP contribution < -0.4 is 26.4 Å². The van der Waals surface area contributed by atoms with E-state index in [1.165, 1.54) is 17.4 Å². The molecular weight excluding hydrogens is 552 g/mol. The third-order valence-corrected chi connectivity index (χ3v) is 6.89. The molecule has 1 aliphatic rings. The monoisotopic (exact) mass is 571 g/mol. The predicted octanol–water partition coefficient (Wildman–Crippen LogP) is 5.45. The Bertz CT molecular complexity index is 1810. The fourth-order valence-corrected chi connectivity index (χ4v) is 5.01. The Labute approximate surface area is 235 Å². The van der Waals surface area contributed by atoms with Gasteiger partial charge in [-0.3, -0.25) is 9.59 Å². The van der Waals surface area contributed by atoms with E-state index in [9.17, 15) is 18.4 Å². The molecule has 6 rings (SSSR count). The van der Waals surface area contributed by atoms with Crippen LogP contribution in [0.15, 0.2) is 72.9 Å². The average Bonchev–Trinajstić information content (AvgIpc) is 3.35. The number of anilines is 5. The first-order chi connectivity index (χ1) is 19.8. The van der Waals surface area contributed by atoms with Gasteiger partial charge in [-0.25, -0.2) is 23.7 Å². The van der Waals surface area contributed by atoms with Crippen LogP contribution in [0.3, 0.4) is 0 Å². The lowest BCUT2D eigenvalue weighted by Gasteiger charge is -2.18. The number of hydrogen-bond acceptors (Lipinski definition) is 9. The van der Waals surface area contributed by atoms with Crippen molar-refractivity contribution in [3.8, 4) is 27.6 Å². The largest absolute Gasteiger partial charge is 0.482 e. The van der Waals surface area contributed by atoms with Crippen LogP contribution in [0.1, 0.15) is 10.4 Å². The Morgan fingerprint density at radius 3 is 2.63 bits per heavy atom. The van der Waals surface area contributed by atoms with Crippen LogP contribution in [0.5, 0.6) is 5.75 Å². The molecular formula is C28H19F2N7O3S. The van der Waals surface area contributed by atoms with Crippen molar-refractivity contribution in [1.82, 2.24) is 15.0 Å². The van der Waals surface area contributed by atoms with E-state index in [0.29, 0.717) is 55.7 Å². The van der Waals surface area contributed by atoms with E-state index in [1.54, 1.807) is 54.7 Å². The van der Waals surface area contributed by atoms with Crippen LogP contribution in [0.25, 0.3) is 21.8 Å². The van der Waals surface area contributed by atoms with Crippen LogP contribution in [0, 0.1) is 11.6 Å². The first kappa shape index (κ1) is 25.8. The van der Waals surface area contributed by atoms with E-state index in [-0.39, 0.29) is 12.5 Å². The number of carbonyl (C=O) groups excluding carboxylic acids is 2. The zero-order chi connectivity index (χ0) is 28.5. The highest BCUT2D eigenvalue weighted by molar-refractivity contribution is 7.19. The van der Waals surface area contributed by atoms with Gasteiger partial charge in [0, 0.05) is 29.2 Å². The molecule has 1 aliphatic heterocycles. The molecule has 2 amide bonds. The molecule has 13 heteroatoms. The lowest BCUT2D eigenvalue weighted by molar-refractivity contribution is -0.118. The molecule has 3 heterocycles. The number of ether oxygens (including phenoxy) is 1. The van der Waals surface area contributed by atoms with Gasteiger partial charge in [-0.1, -0.05) is 29.5 Å². The molecule has 5 aromatic rings. The van der Waals surface area contributed by atoms with E-state index in [2.05, 4.69) is 30.9 Å². The van der Waals surface area contributed by atoms with Crippen LogP contribution in [0.4, 0.5) is 36.9 Å². The van der Waals surface area contributed by atoms with Gasteiger partial charge in [0.05, 0.1) is 22.0 Å². The first-order valence-electron chi connectivity index (χ1n) is 12.1. The second-order valence-electron chi connectivity index (χ2n) is 8.80. The van der Waals surface area contributed by atoms with E-state index in [1.807, 2.05) is 0 Å². The number of fused-ring (bicyclic) bond motifs is 1. The van der Waals surface area contributed by atoms with Crippen molar-refractivity contribution in [2.24, 2.45) is 0 Å². The maximum Gasteiger partial charge on any atom is 0.262 e. The Balaban J connectivity index is 1.27. The first-order valence-corrected chi connectivity index (χ1v) is 12.9. The molecule has 0 fully saturated rings. The lowest BCUT2D eigenvalue weighted by Crippen LogP contribution is -2.25. The number of amides is 2. The Morgan fingerprint density at radius 1 is 1.00 bits per heavy atom. The summed E-state index contributed by atoms with van der Waals surface area (Å²) in [5.74, 6) is -2.24. The fourth-order valence-electron chi connectivity index (χ4n) is 4.19. The Hall–Kier alpha value is -5.43. The van der Waals surface area contributed by atoms with Crippen LogP contribution >= 0.6 is 11.3 Å². The van der Waals surface area contributed by atoms with Crippen molar-refractivity contribution in [3.63, 3.8) is 0 Å². The lowest BCUT2D eigenvalue weighted by atomic mass is 10.1. The summed E-state index contributed by atoms with van der Waals surface area (Å²) >= 11 is 1.22. The molecule has 2 aromatic heterocycles. The highest BCUT2D eigenvalue weighted by Gasteiger charge is 2.20. The number of thiazole rings is 1. The number of nitrogens with zero attached hydrogens (tertiary/aromatic N) is 3. The third-order valence-electron chi connectivity index (χ3n) is 5.99. The highest BCUT2D eigenvalue weighted by atomic mass is 32.1. The summed E-state index contributed by atoms with van der Waals surface area (Å²) in [6, 6.07) is 16.8. The molecule has 41 heavy (non-hydrogen) atoms. The van der Waals surface area contributed by atoms with Crippen molar-refractivity contribution in [2.45, 2.75) is 0 Å². The van der Waals surface area contributed by atoms with Gasteiger partial charge in [0.25, 0.3) is 11.8 Å². The van der Waals surface area contributed by atoms with Gasteiger partial charge < -0.3 is 26.4 Å². The maximum absolute atomic E-state index is 14.1. The van der Waals surface area contributed by atoms with Crippen molar-refractivity contribution >= 4 is 51.3 Å². The molecule has 0 unspecified atom stereocenters. The summed E-state index contributed by atoms with van der Waals surface area (Å²) in [6.45, 7) is -0.0665. The average molecular weight is 572 g/mol. The van der Waals surface area contributed by atoms with Gasteiger partial charge in [-0.05, 0) is 42.5 Å². The van der Waals surface area contributed by atoms with Gasteiger partial charge in [0.1, 0.15) is 22.9 Å². The standard InChI is InChI=1S/C28H19F2N7O3S/c29-17-5-2-6-18(30)23(17)26(39)33-15-4-1-3-14(11-15)24-25(41-27(31)37-24)20-9-10-32-28(36-20)34-16-7-8-19-21(12-16)40-13-22(38)35-19/h1-12H,13H2,(H2,31,37)(H,33,39)(H,35,38)(H,32,34,36). The van der Waals surface area contributed by atoms with Crippen molar-refractivity contribution in [1.29, 1.82) is 0 Å². The summed E-state index contributed by atoms with van der Waals surface area (Å²) in [5.41, 5.74) is 8.57. The smallest absolute Gasteiger partial charge is 0.262 e. The normalized spacial score (nSPS) is 12.2. The van der Waals surface area contributed by atoms with Gasteiger partial charge in [-0.15, -0.1) is 0 Å². The summed E-state index contributed by atoms with van der Waals surface area (Å²) in [4.78, 5) is 38.2. The minimum atomic E-state index is -0.962. The van der Waals surface area contributed by atoms with Gasteiger partial charge in [-0.2, -0.15) is 0 Å². The van der Waals surface area contributed by atoms with Crippen molar-refractivity contribution < 1.29 is 23.1 Å². The Kier molecular flexibility index (Phi) is 6.69. The number of nitrogens with two attached hydrogens (primary N) is 1. The van der Waals surface area contributed by atoms with Gasteiger partial charge >= 0.3 is 0 Å². The number of rotatable bonds is 6. The predicted molar refractivity (Wildman–Crippen MR) is 151 cm³/mol. The molecule has 0 bridgehead atoms. The second kappa shape index (κ2) is 10.6. The molecule has 0 saturated carbocycles. The molecule has 204 valence electrons. The SMILES string of the molecule is Nc1nc(-c2cccc(NC(=O)c3c(F)cccc3F)c2)c(-c2ccnc(Nc3ccc4c(c3)OCC(=O)N4)n2)s1. The number of aromatic nitrogens is 3. The van der Waals surface area contributed by atoms with Gasteiger partial charge in [0.2, 0.25) is 5.95 Å². The number of benzene rings is 3. The van der Waals surface area contributed by atoms with Crippen LogP contribution in [-0.4, -0.2) is 33.4 Å². The van der Waals surface area contributed by atoms with E-state index in [4.69, 9.17) is 10.5 Å². The number of nitrogen functional groups attached to an aromatic ring is 1. The number of hydrogen-bond donors (Lipinski definition) is 4. The fraction of sp³-hybridized carbons (Fsp3) is 0.0357. The minimum Gasteiger partial charge on any atom is -0.482 e. The Morgan fingerprint density at radius 2 is 1.80 bits per heavy atom. The van der Waals surface area contributed by atoms with Crippen LogP contribution in [0.2, 0.25) is 0 Å². The molecule has 0 spiro atoms. The quantitative estimate of drug-likeness (QED) is 0.211. The van der Waals surface area contributed by atoms with E-state index < -0.39 is 23.1 Å². The summed E-state index contributed by atoms with van der Waals surface area (Å²) < 4.78 is 33.6. The second-order valence-corrected chi connectivity index (χ2v) is 9.83. The zero-order valence-corrected chi connectivity index (χ0v) is 21.8. The van der Waals surface area contributed by atoms with E-state index >= 15 is 0 Å². The molecule has 5 N–H and O–H groups in total. The molecule has 0 saturated heterocycles. The zero-order valence-electron chi connectivity index (χ0n) is 20.9.